The highest BCUT2D eigenvalue weighted by molar-refractivity contribution is 7.99. The van der Waals surface area contributed by atoms with Crippen molar-refractivity contribution in [2.24, 2.45) is 5.84 Å². The van der Waals surface area contributed by atoms with Crippen LogP contribution in [0.3, 0.4) is 0 Å². The van der Waals surface area contributed by atoms with Gasteiger partial charge in [0.15, 0.2) is 0 Å². The van der Waals surface area contributed by atoms with Crippen molar-refractivity contribution in [1.29, 1.82) is 0 Å². The molecule has 0 fully saturated rings. The molecule has 0 unspecified atom stereocenters. The summed E-state index contributed by atoms with van der Waals surface area (Å²) in [6, 6.07) is 5.27. The minimum absolute atomic E-state index is 0.546. The molecule has 0 saturated heterocycles. The van der Waals surface area contributed by atoms with Crippen LogP contribution < -0.4 is 11.3 Å². The van der Waals surface area contributed by atoms with E-state index >= 15 is 0 Å². The summed E-state index contributed by atoms with van der Waals surface area (Å²) in [5, 5.41) is 2.02. The third-order valence-electron chi connectivity index (χ3n) is 1.72. The molecule has 0 atom stereocenters. The molecule has 2 aromatic rings. The zero-order chi connectivity index (χ0) is 11.4. The van der Waals surface area contributed by atoms with Crippen LogP contribution in [0.25, 0.3) is 0 Å². The summed E-state index contributed by atoms with van der Waals surface area (Å²) in [7, 11) is 0. The maximum absolute atomic E-state index is 5.98. The maximum Gasteiger partial charge on any atom is 0.144 e. The van der Waals surface area contributed by atoms with Crippen LogP contribution in [0.5, 0.6) is 0 Å². The van der Waals surface area contributed by atoms with Crippen LogP contribution in [0, 0.1) is 0 Å². The van der Waals surface area contributed by atoms with Crippen LogP contribution in [0.4, 0.5) is 5.82 Å². The molecule has 2 rings (SSSR count). The lowest BCUT2D eigenvalue weighted by atomic mass is 10.5. The van der Waals surface area contributed by atoms with Crippen LogP contribution in [-0.4, -0.2) is 15.0 Å². The number of nitrogens with two attached hydrogens (primary N) is 1. The fraction of sp³-hybridized carbons (Fsp3) is 0. The predicted octanol–water partition coefficient (Wildman–Crippen LogP) is 1.96. The summed E-state index contributed by atoms with van der Waals surface area (Å²) in [5.41, 5.74) is 2.45. The van der Waals surface area contributed by atoms with Crippen molar-refractivity contribution in [3.05, 3.63) is 35.7 Å². The van der Waals surface area contributed by atoms with Crippen LogP contribution in [0.15, 0.2) is 40.8 Å². The second-order valence-electron chi connectivity index (χ2n) is 2.78. The summed E-state index contributed by atoms with van der Waals surface area (Å²) in [5.74, 6) is 5.80. The van der Waals surface area contributed by atoms with Gasteiger partial charge in [0.2, 0.25) is 0 Å². The van der Waals surface area contributed by atoms with Gasteiger partial charge in [0.1, 0.15) is 22.2 Å². The first-order valence-corrected chi connectivity index (χ1v) is 5.56. The Bertz CT molecular complexity index is 493. The van der Waals surface area contributed by atoms with Gasteiger partial charge in [0, 0.05) is 12.3 Å². The van der Waals surface area contributed by atoms with Crippen LogP contribution in [0.2, 0.25) is 5.02 Å². The Morgan fingerprint density at radius 1 is 1.31 bits per heavy atom. The lowest BCUT2D eigenvalue weighted by molar-refractivity contribution is 1.03. The van der Waals surface area contributed by atoms with Crippen LogP contribution in [0.1, 0.15) is 0 Å². The molecule has 16 heavy (non-hydrogen) atoms. The minimum Gasteiger partial charge on any atom is -0.308 e. The smallest absolute Gasteiger partial charge is 0.144 e. The van der Waals surface area contributed by atoms with Gasteiger partial charge in [-0.05, 0) is 23.9 Å². The molecule has 0 aliphatic rings. The number of nitrogens with one attached hydrogen (secondary N) is 1. The van der Waals surface area contributed by atoms with Gasteiger partial charge in [-0.3, -0.25) is 0 Å². The number of nitrogen functional groups attached to an aromatic ring is 1. The number of nitrogens with zero attached hydrogens (tertiary/aromatic N) is 3. The molecule has 0 radical (unpaired) electrons. The van der Waals surface area contributed by atoms with Crippen molar-refractivity contribution in [2.75, 3.05) is 5.43 Å². The molecule has 0 saturated carbocycles. The highest BCUT2D eigenvalue weighted by Gasteiger charge is 2.05. The number of hydrogen-bond acceptors (Lipinski definition) is 6. The van der Waals surface area contributed by atoms with E-state index in [0.29, 0.717) is 15.9 Å². The zero-order valence-electron chi connectivity index (χ0n) is 8.09. The molecule has 0 bridgehead atoms. The molecule has 3 N–H and O–H groups in total. The second kappa shape index (κ2) is 5.11. The Balaban J connectivity index is 2.24. The van der Waals surface area contributed by atoms with Gasteiger partial charge >= 0.3 is 0 Å². The molecule has 2 heterocycles. The Morgan fingerprint density at radius 3 is 2.94 bits per heavy atom. The Hall–Kier alpha value is -1.37. The van der Waals surface area contributed by atoms with E-state index in [2.05, 4.69) is 20.4 Å². The van der Waals surface area contributed by atoms with Gasteiger partial charge in [-0.25, -0.2) is 20.8 Å². The summed E-state index contributed by atoms with van der Waals surface area (Å²) in [4.78, 5) is 12.1. The predicted molar refractivity (Wildman–Crippen MR) is 63.2 cm³/mol. The summed E-state index contributed by atoms with van der Waals surface area (Å²) < 4.78 is 0. The minimum atomic E-state index is 0.546. The van der Waals surface area contributed by atoms with E-state index in [1.165, 1.54) is 18.1 Å². The fourth-order valence-electron chi connectivity index (χ4n) is 1.02. The first-order valence-electron chi connectivity index (χ1n) is 4.36. The number of halogens is 1. The van der Waals surface area contributed by atoms with Gasteiger partial charge in [-0.15, -0.1) is 0 Å². The first-order chi connectivity index (χ1) is 7.79. The number of hydrazine groups is 1. The molecule has 7 heteroatoms. The fourth-order valence-corrected chi connectivity index (χ4v) is 2.00. The van der Waals surface area contributed by atoms with Crippen molar-refractivity contribution in [3.8, 4) is 0 Å². The molecular formula is C9H8ClN5S. The van der Waals surface area contributed by atoms with Crippen molar-refractivity contribution in [1.82, 2.24) is 15.0 Å². The molecule has 0 aromatic carbocycles. The summed E-state index contributed by atoms with van der Waals surface area (Å²) >= 11 is 7.33. The standard InChI is InChI=1S/C9H8ClN5S/c10-6-2-1-3-12-9(6)16-8-4-7(15-11)13-5-14-8/h1-5H,11H2,(H,13,14,15). The molecule has 0 amide bonds. The molecule has 0 aliphatic carbocycles. The molecule has 5 nitrogen and oxygen atoms in total. The number of pyridine rings is 1. The Kier molecular flexibility index (Phi) is 3.55. The van der Waals surface area contributed by atoms with E-state index in [0.717, 1.165) is 5.03 Å². The molecule has 0 aliphatic heterocycles. The number of hydrogen-bond donors (Lipinski definition) is 2. The van der Waals surface area contributed by atoms with Crippen LogP contribution in [-0.2, 0) is 0 Å². The quantitative estimate of drug-likeness (QED) is 0.495. The van der Waals surface area contributed by atoms with Crippen molar-refractivity contribution in [3.63, 3.8) is 0 Å². The number of aromatic nitrogens is 3. The largest absolute Gasteiger partial charge is 0.308 e. The van der Waals surface area contributed by atoms with E-state index in [-0.39, 0.29) is 0 Å². The molecular weight excluding hydrogens is 246 g/mol. The molecule has 2 aromatic heterocycles. The van der Waals surface area contributed by atoms with Gasteiger partial charge in [0.05, 0.1) is 5.02 Å². The molecule has 82 valence electrons. The number of rotatable bonds is 3. The highest BCUT2D eigenvalue weighted by Crippen LogP contribution is 2.30. The lowest BCUT2D eigenvalue weighted by Gasteiger charge is -2.03. The van der Waals surface area contributed by atoms with Gasteiger partial charge in [-0.1, -0.05) is 11.6 Å². The average molecular weight is 254 g/mol. The van der Waals surface area contributed by atoms with E-state index in [1.54, 1.807) is 24.4 Å². The SMILES string of the molecule is NNc1cc(Sc2ncccc2Cl)ncn1. The maximum atomic E-state index is 5.98. The molecule has 0 spiro atoms. The zero-order valence-corrected chi connectivity index (χ0v) is 9.66. The van der Waals surface area contributed by atoms with E-state index in [4.69, 9.17) is 17.4 Å². The van der Waals surface area contributed by atoms with E-state index in [1.807, 2.05) is 0 Å². The highest BCUT2D eigenvalue weighted by atomic mass is 35.5. The van der Waals surface area contributed by atoms with Gasteiger partial charge in [0.25, 0.3) is 0 Å². The van der Waals surface area contributed by atoms with E-state index < -0.39 is 0 Å². The van der Waals surface area contributed by atoms with E-state index in [9.17, 15) is 0 Å². The summed E-state index contributed by atoms with van der Waals surface area (Å²) in [6.07, 6.45) is 3.10. The second-order valence-corrected chi connectivity index (χ2v) is 4.19. The Morgan fingerprint density at radius 2 is 2.19 bits per heavy atom. The number of anilines is 1. The summed E-state index contributed by atoms with van der Waals surface area (Å²) in [6.45, 7) is 0. The third-order valence-corrected chi connectivity index (χ3v) is 3.08. The monoisotopic (exact) mass is 253 g/mol. The lowest BCUT2D eigenvalue weighted by Crippen LogP contribution is -2.08. The third kappa shape index (κ3) is 2.60. The van der Waals surface area contributed by atoms with Gasteiger partial charge < -0.3 is 5.43 Å². The van der Waals surface area contributed by atoms with Crippen molar-refractivity contribution < 1.29 is 0 Å². The normalized spacial score (nSPS) is 10.1. The van der Waals surface area contributed by atoms with Crippen molar-refractivity contribution >= 4 is 29.2 Å². The van der Waals surface area contributed by atoms with Gasteiger partial charge in [-0.2, -0.15) is 0 Å². The topological polar surface area (TPSA) is 76.7 Å². The first kappa shape index (κ1) is 11.1. The Labute approximate surface area is 101 Å². The average Bonchev–Trinajstić information content (AvgIpc) is 2.32. The van der Waals surface area contributed by atoms with Crippen LogP contribution >= 0.6 is 23.4 Å². The van der Waals surface area contributed by atoms with Crippen molar-refractivity contribution in [2.45, 2.75) is 10.1 Å².